The Morgan fingerprint density at radius 1 is 0.964 bits per heavy atom. The number of aliphatic carboxylic acids is 1. The minimum atomic E-state index is -0.996. The monoisotopic (exact) mass is 419 g/mol. The third-order valence-electron chi connectivity index (χ3n) is 5.67. The fraction of sp³-hybridized carbons (Fsp3) is 0.381. The van der Waals surface area contributed by atoms with Gasteiger partial charge in [0.15, 0.2) is 11.6 Å². The maximum Gasteiger partial charge on any atom is 0.323 e. The van der Waals surface area contributed by atoms with Gasteiger partial charge in [-0.3, -0.25) is 14.4 Å². The summed E-state index contributed by atoms with van der Waals surface area (Å²) in [6, 6.07) is 5.13. The van der Waals surface area contributed by atoms with Crippen LogP contribution in [0.3, 0.4) is 0 Å². The summed E-state index contributed by atoms with van der Waals surface area (Å²) in [5, 5.41) is 10.3. The Morgan fingerprint density at radius 2 is 1.46 bits per heavy atom. The van der Waals surface area contributed by atoms with Gasteiger partial charge in [0.05, 0.1) is 0 Å². The second-order valence-electron chi connectivity index (χ2n) is 7.32. The minimum Gasteiger partial charge on any atom is -0.480 e. The highest BCUT2D eigenvalue weighted by Gasteiger charge is 2.44. The van der Waals surface area contributed by atoms with Crippen LogP contribution < -0.4 is 0 Å². The number of Topliss-reactive ketones (excluding diaryl/α,β-unsaturated/α-hetero) is 2. The summed E-state index contributed by atoms with van der Waals surface area (Å²) >= 11 is 13.0. The van der Waals surface area contributed by atoms with Gasteiger partial charge in [-0.25, -0.2) is 0 Å². The molecule has 7 heteroatoms. The zero-order valence-electron chi connectivity index (χ0n) is 15.1. The van der Waals surface area contributed by atoms with E-state index in [1.807, 2.05) is 0 Å². The number of halogens is 2. The van der Waals surface area contributed by atoms with Gasteiger partial charge in [0, 0.05) is 56.9 Å². The fourth-order valence-corrected chi connectivity index (χ4v) is 5.23. The van der Waals surface area contributed by atoms with Gasteiger partial charge in [0.1, 0.15) is 6.54 Å². The normalized spacial score (nSPS) is 20.4. The molecule has 0 spiro atoms. The molecule has 2 aliphatic carbocycles. The first kappa shape index (κ1) is 19.2. The van der Waals surface area contributed by atoms with Crippen LogP contribution in [0.2, 0.25) is 10.0 Å². The van der Waals surface area contributed by atoms with E-state index in [0.717, 1.165) is 0 Å². The van der Waals surface area contributed by atoms with Crippen LogP contribution in [0, 0.1) is 0 Å². The third kappa shape index (κ3) is 3.07. The van der Waals surface area contributed by atoms with E-state index >= 15 is 0 Å². The Balaban J connectivity index is 2.02. The molecule has 28 heavy (non-hydrogen) atoms. The molecule has 1 aromatic carbocycles. The Morgan fingerprint density at radius 3 is 1.93 bits per heavy atom. The van der Waals surface area contributed by atoms with Gasteiger partial charge in [-0.1, -0.05) is 29.3 Å². The van der Waals surface area contributed by atoms with Crippen LogP contribution in [0.25, 0.3) is 0 Å². The maximum atomic E-state index is 13.0. The molecule has 5 nitrogen and oxygen atoms in total. The van der Waals surface area contributed by atoms with Gasteiger partial charge < -0.3 is 10.0 Å². The van der Waals surface area contributed by atoms with Gasteiger partial charge in [-0.05, 0) is 37.8 Å². The number of ketones is 2. The lowest BCUT2D eigenvalue weighted by Gasteiger charge is -2.43. The molecule has 0 saturated heterocycles. The predicted molar refractivity (Wildman–Crippen MR) is 105 cm³/mol. The molecule has 1 aromatic rings. The average molecular weight is 420 g/mol. The summed E-state index contributed by atoms with van der Waals surface area (Å²) in [6.45, 7) is -0.263. The number of carbonyl (C=O) groups is 3. The maximum absolute atomic E-state index is 13.0. The van der Waals surface area contributed by atoms with Crippen molar-refractivity contribution in [3.05, 3.63) is 56.3 Å². The van der Waals surface area contributed by atoms with Crippen molar-refractivity contribution >= 4 is 40.7 Å². The van der Waals surface area contributed by atoms with Crippen molar-refractivity contribution in [1.82, 2.24) is 4.90 Å². The Kier molecular flexibility index (Phi) is 5.06. The van der Waals surface area contributed by atoms with E-state index in [9.17, 15) is 19.5 Å². The Labute approximate surface area is 172 Å². The summed E-state index contributed by atoms with van der Waals surface area (Å²) in [6.07, 6.45) is 3.25. The largest absolute Gasteiger partial charge is 0.480 e. The van der Waals surface area contributed by atoms with E-state index in [1.165, 1.54) is 0 Å². The van der Waals surface area contributed by atoms with Crippen LogP contribution in [0.15, 0.2) is 40.7 Å². The lowest BCUT2D eigenvalue weighted by Crippen LogP contribution is -2.41. The molecule has 3 aliphatic rings. The van der Waals surface area contributed by atoms with E-state index < -0.39 is 11.9 Å². The molecular weight excluding hydrogens is 401 g/mol. The number of allylic oxidation sites excluding steroid dienone is 4. The molecule has 146 valence electrons. The van der Waals surface area contributed by atoms with Crippen molar-refractivity contribution in [2.45, 2.75) is 44.4 Å². The number of carbonyl (C=O) groups excluding carboxylic acids is 2. The van der Waals surface area contributed by atoms with Gasteiger partial charge >= 0.3 is 5.97 Å². The van der Waals surface area contributed by atoms with Gasteiger partial charge in [0.2, 0.25) is 0 Å². The second kappa shape index (κ2) is 7.37. The molecule has 0 amide bonds. The summed E-state index contributed by atoms with van der Waals surface area (Å²) in [5.74, 6) is -1.76. The molecule has 0 atom stereocenters. The number of benzene rings is 1. The number of carboxylic acid groups (broad SMARTS) is 1. The van der Waals surface area contributed by atoms with E-state index in [-0.39, 0.29) is 18.1 Å². The highest BCUT2D eigenvalue weighted by atomic mass is 35.5. The SMILES string of the molecule is O=C(O)CN1C2=C(C(=O)CCC2)C(c2c(Cl)cccc2Cl)C2=C1CCCC2=O. The first-order valence-electron chi connectivity index (χ1n) is 9.36. The third-order valence-corrected chi connectivity index (χ3v) is 6.33. The van der Waals surface area contributed by atoms with Gasteiger partial charge in [-0.15, -0.1) is 0 Å². The molecular formula is C21H19Cl2NO4. The van der Waals surface area contributed by atoms with Crippen molar-refractivity contribution in [3.8, 4) is 0 Å². The number of nitrogens with zero attached hydrogens (tertiary/aromatic N) is 1. The summed E-state index contributed by atoms with van der Waals surface area (Å²) in [4.78, 5) is 39.2. The van der Waals surface area contributed by atoms with Crippen LogP contribution in [0.5, 0.6) is 0 Å². The zero-order valence-corrected chi connectivity index (χ0v) is 16.6. The molecule has 0 unspecified atom stereocenters. The van der Waals surface area contributed by atoms with Crippen LogP contribution in [0.4, 0.5) is 0 Å². The van der Waals surface area contributed by atoms with Gasteiger partial charge in [0.25, 0.3) is 0 Å². The van der Waals surface area contributed by atoms with Crippen molar-refractivity contribution in [2.24, 2.45) is 0 Å². The lowest BCUT2D eigenvalue weighted by atomic mass is 9.71. The summed E-state index contributed by atoms with van der Waals surface area (Å²) < 4.78 is 0. The Hall–Kier alpha value is -2.11. The van der Waals surface area contributed by atoms with Gasteiger partial charge in [-0.2, -0.15) is 0 Å². The fourth-order valence-electron chi connectivity index (χ4n) is 4.62. The van der Waals surface area contributed by atoms with Crippen LogP contribution >= 0.6 is 23.2 Å². The highest BCUT2D eigenvalue weighted by molar-refractivity contribution is 6.36. The van der Waals surface area contributed by atoms with Crippen molar-refractivity contribution < 1.29 is 19.5 Å². The Bertz CT molecular complexity index is 899. The molecule has 0 fully saturated rings. The molecule has 1 heterocycles. The van der Waals surface area contributed by atoms with E-state index in [0.29, 0.717) is 76.7 Å². The standard InChI is InChI=1S/C21H19Cl2NO4/c22-11-4-1-5-12(23)18(11)21-19-13(6-2-8-15(19)25)24(10-17(27)28)14-7-3-9-16(26)20(14)21/h1,4-5,21H,2-3,6-10H2,(H,27,28). The smallest absolute Gasteiger partial charge is 0.323 e. The van der Waals surface area contributed by atoms with Crippen LogP contribution in [0.1, 0.15) is 50.0 Å². The first-order valence-corrected chi connectivity index (χ1v) is 10.1. The highest BCUT2D eigenvalue weighted by Crippen LogP contribution is 2.51. The molecule has 0 aromatic heterocycles. The molecule has 0 radical (unpaired) electrons. The first-order chi connectivity index (χ1) is 13.4. The quantitative estimate of drug-likeness (QED) is 0.780. The van der Waals surface area contributed by atoms with Crippen molar-refractivity contribution in [3.63, 3.8) is 0 Å². The molecule has 1 aliphatic heterocycles. The predicted octanol–water partition coefficient (Wildman–Crippen LogP) is 4.49. The molecule has 0 saturated carbocycles. The lowest BCUT2D eigenvalue weighted by molar-refractivity contribution is -0.138. The number of hydrogen-bond donors (Lipinski definition) is 1. The van der Waals surface area contributed by atoms with Crippen molar-refractivity contribution in [2.75, 3.05) is 6.54 Å². The summed E-state index contributed by atoms with van der Waals surface area (Å²) in [5.41, 5.74) is 2.93. The molecule has 4 rings (SSSR count). The topological polar surface area (TPSA) is 74.7 Å². The second-order valence-corrected chi connectivity index (χ2v) is 8.14. The zero-order chi connectivity index (χ0) is 20.0. The van der Waals surface area contributed by atoms with E-state index in [1.54, 1.807) is 23.1 Å². The number of hydrogen-bond acceptors (Lipinski definition) is 4. The number of carboxylic acids is 1. The average Bonchev–Trinajstić information content (AvgIpc) is 2.63. The van der Waals surface area contributed by atoms with Crippen LogP contribution in [-0.2, 0) is 14.4 Å². The summed E-state index contributed by atoms with van der Waals surface area (Å²) in [7, 11) is 0. The number of rotatable bonds is 3. The molecule has 1 N–H and O–H groups in total. The van der Waals surface area contributed by atoms with Crippen LogP contribution in [-0.4, -0.2) is 34.1 Å². The van der Waals surface area contributed by atoms with E-state index in [4.69, 9.17) is 23.2 Å². The van der Waals surface area contributed by atoms with Crippen molar-refractivity contribution in [1.29, 1.82) is 0 Å². The molecule has 0 bridgehead atoms. The van der Waals surface area contributed by atoms with E-state index in [2.05, 4.69) is 0 Å². The minimum absolute atomic E-state index is 0.0671.